The van der Waals surface area contributed by atoms with Crippen molar-refractivity contribution in [3.8, 4) is 0 Å². The van der Waals surface area contributed by atoms with E-state index in [4.69, 9.17) is 0 Å². The first-order chi connectivity index (χ1) is 9.46. The van der Waals surface area contributed by atoms with Crippen LogP contribution < -0.4 is 0 Å². The Hall–Kier alpha value is -1.49. The fourth-order valence-electron chi connectivity index (χ4n) is 3.16. The molecule has 1 unspecified atom stereocenters. The Morgan fingerprint density at radius 2 is 2.10 bits per heavy atom. The highest BCUT2D eigenvalue weighted by molar-refractivity contribution is 5.84. The van der Waals surface area contributed by atoms with Gasteiger partial charge >= 0.3 is 0 Å². The Morgan fingerprint density at radius 1 is 1.35 bits per heavy atom. The highest BCUT2D eigenvalue weighted by Crippen LogP contribution is 2.43. The Kier molecular flexibility index (Phi) is 3.05. The maximum Gasteiger partial charge on any atom is 0.244 e. The van der Waals surface area contributed by atoms with Crippen LogP contribution in [0.4, 0.5) is 8.78 Å². The van der Waals surface area contributed by atoms with Gasteiger partial charge in [-0.05, 0) is 37.5 Å². The van der Waals surface area contributed by atoms with E-state index in [1.165, 1.54) is 6.07 Å². The number of carbonyl (C=O) groups is 1. The minimum Gasteiger partial charge on any atom is -0.273 e. The number of hydrazine groups is 1. The number of halogens is 2. The van der Waals surface area contributed by atoms with Crippen LogP contribution in [0.2, 0.25) is 0 Å². The van der Waals surface area contributed by atoms with Gasteiger partial charge in [0.1, 0.15) is 0 Å². The summed E-state index contributed by atoms with van der Waals surface area (Å²) >= 11 is 0. The summed E-state index contributed by atoms with van der Waals surface area (Å²) in [6, 6.07) is 3.73. The Bertz CT molecular complexity index is 563. The normalized spacial score (nSPS) is 30.1. The van der Waals surface area contributed by atoms with Gasteiger partial charge < -0.3 is 0 Å². The van der Waals surface area contributed by atoms with Crippen LogP contribution in [0.1, 0.15) is 38.3 Å². The third kappa shape index (κ3) is 1.84. The minimum atomic E-state index is -0.856. The second kappa shape index (κ2) is 4.52. The van der Waals surface area contributed by atoms with Crippen molar-refractivity contribution in [1.29, 1.82) is 0 Å². The Balaban J connectivity index is 1.93. The van der Waals surface area contributed by atoms with Crippen molar-refractivity contribution in [1.82, 2.24) is 10.0 Å². The summed E-state index contributed by atoms with van der Waals surface area (Å²) in [5, 5.41) is 3.79. The fraction of sp³-hybridized carbons (Fsp3) is 0.533. The van der Waals surface area contributed by atoms with E-state index in [1.807, 2.05) is 18.9 Å². The lowest BCUT2D eigenvalue weighted by Gasteiger charge is -2.26. The smallest absolute Gasteiger partial charge is 0.244 e. The second-order valence-corrected chi connectivity index (χ2v) is 5.93. The van der Waals surface area contributed by atoms with Crippen LogP contribution in [-0.2, 0) is 4.79 Å². The quantitative estimate of drug-likeness (QED) is 0.831. The van der Waals surface area contributed by atoms with E-state index in [2.05, 4.69) is 0 Å². The Labute approximate surface area is 117 Å². The van der Waals surface area contributed by atoms with E-state index in [9.17, 15) is 13.6 Å². The predicted molar refractivity (Wildman–Crippen MR) is 70.5 cm³/mol. The number of nitrogens with zero attached hydrogens (tertiary/aromatic N) is 2. The van der Waals surface area contributed by atoms with Crippen molar-refractivity contribution in [3.63, 3.8) is 0 Å². The number of fused-ring (bicyclic) bond motifs is 1. The number of benzene rings is 1. The molecule has 2 aliphatic heterocycles. The summed E-state index contributed by atoms with van der Waals surface area (Å²) in [6.45, 7) is 5.47. The summed E-state index contributed by atoms with van der Waals surface area (Å²) in [4.78, 5) is 12.6. The average Bonchev–Trinajstić information content (AvgIpc) is 2.93. The summed E-state index contributed by atoms with van der Waals surface area (Å²) in [6.07, 6.45) is 1.54. The van der Waals surface area contributed by atoms with Crippen molar-refractivity contribution in [2.24, 2.45) is 5.41 Å². The largest absolute Gasteiger partial charge is 0.273 e. The van der Waals surface area contributed by atoms with Gasteiger partial charge in [-0.2, -0.15) is 0 Å². The summed E-state index contributed by atoms with van der Waals surface area (Å²) in [5.74, 6) is -1.62. The molecule has 0 aliphatic carbocycles. The molecule has 0 saturated carbocycles. The number of rotatable bonds is 2. The molecule has 0 aromatic heterocycles. The zero-order chi connectivity index (χ0) is 14.5. The zero-order valence-electron chi connectivity index (χ0n) is 11.7. The maximum atomic E-state index is 13.4. The van der Waals surface area contributed by atoms with Crippen molar-refractivity contribution in [3.05, 3.63) is 35.4 Å². The molecule has 0 spiro atoms. The van der Waals surface area contributed by atoms with Crippen LogP contribution in [0.3, 0.4) is 0 Å². The Morgan fingerprint density at radius 3 is 2.75 bits per heavy atom. The highest BCUT2D eigenvalue weighted by Gasteiger charge is 2.51. The van der Waals surface area contributed by atoms with Crippen LogP contribution in [0, 0.1) is 17.0 Å². The van der Waals surface area contributed by atoms with E-state index in [0.717, 1.165) is 25.5 Å². The van der Waals surface area contributed by atoms with Crippen LogP contribution in [0.25, 0.3) is 0 Å². The summed E-state index contributed by atoms with van der Waals surface area (Å²) < 4.78 is 26.4. The van der Waals surface area contributed by atoms with Gasteiger partial charge in [-0.15, -0.1) is 0 Å². The molecule has 2 aliphatic rings. The lowest BCUT2D eigenvalue weighted by atomic mass is 9.87. The number of carbonyl (C=O) groups excluding carboxylic acids is 1. The lowest BCUT2D eigenvalue weighted by molar-refractivity contribution is -0.142. The van der Waals surface area contributed by atoms with Crippen LogP contribution in [0.5, 0.6) is 0 Å². The lowest BCUT2D eigenvalue weighted by Crippen LogP contribution is -2.36. The molecule has 2 fully saturated rings. The van der Waals surface area contributed by atoms with Crippen LogP contribution >= 0.6 is 0 Å². The minimum absolute atomic E-state index is 0.0900. The molecular weight excluding hydrogens is 262 g/mol. The third-order valence-electron chi connectivity index (χ3n) is 4.63. The number of hydrogen-bond donors (Lipinski definition) is 0. The van der Waals surface area contributed by atoms with E-state index < -0.39 is 11.6 Å². The molecule has 3 nitrogen and oxygen atoms in total. The second-order valence-electron chi connectivity index (χ2n) is 5.93. The maximum absolute atomic E-state index is 13.4. The van der Waals surface area contributed by atoms with Crippen molar-refractivity contribution in [2.45, 2.75) is 32.7 Å². The first kappa shape index (κ1) is 13.5. The van der Waals surface area contributed by atoms with Gasteiger partial charge in [-0.1, -0.05) is 13.0 Å². The molecule has 5 heteroatoms. The van der Waals surface area contributed by atoms with Crippen LogP contribution in [-0.4, -0.2) is 29.0 Å². The van der Waals surface area contributed by atoms with Gasteiger partial charge in [0.15, 0.2) is 11.6 Å². The van der Waals surface area contributed by atoms with Crippen LogP contribution in [0.15, 0.2) is 18.2 Å². The summed E-state index contributed by atoms with van der Waals surface area (Å²) in [7, 11) is 0. The molecule has 0 N–H and O–H groups in total. The van der Waals surface area contributed by atoms with Gasteiger partial charge in [0.25, 0.3) is 0 Å². The van der Waals surface area contributed by atoms with Crippen molar-refractivity contribution >= 4 is 5.91 Å². The highest BCUT2D eigenvalue weighted by atomic mass is 19.2. The van der Waals surface area contributed by atoms with E-state index in [1.54, 1.807) is 11.1 Å². The SMILES string of the molecule is CCC1(C)CN2CC[C@H](c3ccc(F)c(F)c3)N2C1=O. The molecule has 2 saturated heterocycles. The molecule has 0 radical (unpaired) electrons. The van der Waals surface area contributed by atoms with Crippen molar-refractivity contribution < 1.29 is 13.6 Å². The first-order valence-corrected chi connectivity index (χ1v) is 7.00. The molecule has 1 aromatic rings. The third-order valence-corrected chi connectivity index (χ3v) is 4.63. The molecule has 1 amide bonds. The zero-order valence-corrected chi connectivity index (χ0v) is 11.7. The molecule has 2 atom stereocenters. The molecule has 3 rings (SSSR count). The molecule has 1 aromatic carbocycles. The predicted octanol–water partition coefficient (Wildman–Crippen LogP) is 2.89. The average molecular weight is 280 g/mol. The monoisotopic (exact) mass is 280 g/mol. The standard InChI is InChI=1S/C15H18F2N2O/c1-3-15(2)9-18-7-6-13(19(18)14(15)20)10-4-5-11(16)12(17)8-10/h4-5,8,13H,3,6-7,9H2,1-2H3/t13-,15?/m1/s1. The van der Waals surface area contributed by atoms with Gasteiger partial charge in [-0.3, -0.25) is 9.80 Å². The molecule has 108 valence electrons. The fourth-order valence-corrected chi connectivity index (χ4v) is 3.16. The first-order valence-electron chi connectivity index (χ1n) is 7.00. The topological polar surface area (TPSA) is 23.6 Å². The van der Waals surface area contributed by atoms with E-state index in [-0.39, 0.29) is 17.4 Å². The van der Waals surface area contributed by atoms with Gasteiger partial charge in [0, 0.05) is 13.1 Å². The number of hydrogen-bond acceptors (Lipinski definition) is 2. The van der Waals surface area contributed by atoms with Gasteiger partial charge in [-0.25, -0.2) is 13.8 Å². The van der Waals surface area contributed by atoms with Gasteiger partial charge in [0.05, 0.1) is 11.5 Å². The molecule has 20 heavy (non-hydrogen) atoms. The van der Waals surface area contributed by atoms with E-state index >= 15 is 0 Å². The molecule has 2 heterocycles. The van der Waals surface area contributed by atoms with Crippen molar-refractivity contribution in [2.75, 3.05) is 13.1 Å². The van der Waals surface area contributed by atoms with Gasteiger partial charge in [0.2, 0.25) is 5.91 Å². The molecule has 0 bridgehead atoms. The number of amides is 1. The molecular formula is C15H18F2N2O. The summed E-state index contributed by atoms with van der Waals surface area (Å²) in [5.41, 5.74) is 0.303. The van der Waals surface area contributed by atoms with E-state index in [0.29, 0.717) is 12.1 Å².